The molecule has 0 spiro atoms. The number of ketones is 1. The van der Waals surface area contributed by atoms with Gasteiger partial charge >= 0.3 is 0 Å². The van der Waals surface area contributed by atoms with Crippen LogP contribution in [0.4, 0.5) is 0 Å². The molecule has 0 aromatic rings. The highest BCUT2D eigenvalue weighted by molar-refractivity contribution is 8.01. The smallest absolute Gasteiger partial charge is 0.223 e. The van der Waals surface area contributed by atoms with E-state index in [4.69, 9.17) is 10.9 Å². The number of carbonyl (C=O) groups is 2. The largest absolute Gasteiger partial charge is 0.401 e. The summed E-state index contributed by atoms with van der Waals surface area (Å²) < 4.78 is 0. The molecule has 1 amide bonds. The van der Waals surface area contributed by atoms with Gasteiger partial charge in [-0.2, -0.15) is 0 Å². The Morgan fingerprint density at radius 1 is 1.25 bits per heavy atom. The number of rotatable bonds is 7. The molecule has 1 aliphatic rings. The number of nitrogens with two attached hydrogens (primary N) is 2. The summed E-state index contributed by atoms with van der Waals surface area (Å²) in [6.07, 6.45) is 6.50. The SMILES string of the molecule is CC(N)=C(SN)C(=O)CCCNC(=O)C1CCCCC1. The van der Waals surface area contributed by atoms with Crippen molar-refractivity contribution in [1.29, 1.82) is 0 Å². The fourth-order valence-electron chi connectivity index (χ4n) is 2.46. The van der Waals surface area contributed by atoms with Gasteiger partial charge in [-0.3, -0.25) is 14.7 Å². The van der Waals surface area contributed by atoms with E-state index in [9.17, 15) is 9.59 Å². The third-order valence-electron chi connectivity index (χ3n) is 3.59. The molecule has 5 nitrogen and oxygen atoms in total. The lowest BCUT2D eigenvalue weighted by Crippen LogP contribution is -2.32. The second-order valence-electron chi connectivity index (χ2n) is 5.28. The number of hydrogen-bond donors (Lipinski definition) is 3. The highest BCUT2D eigenvalue weighted by atomic mass is 32.2. The Morgan fingerprint density at radius 3 is 2.45 bits per heavy atom. The molecule has 0 saturated heterocycles. The van der Waals surface area contributed by atoms with E-state index in [0.717, 1.165) is 37.6 Å². The highest BCUT2D eigenvalue weighted by Crippen LogP contribution is 2.23. The van der Waals surface area contributed by atoms with Crippen LogP contribution in [0.3, 0.4) is 0 Å². The van der Waals surface area contributed by atoms with Crippen LogP contribution in [-0.4, -0.2) is 18.2 Å². The Morgan fingerprint density at radius 2 is 1.90 bits per heavy atom. The predicted octanol–water partition coefficient (Wildman–Crippen LogP) is 1.83. The van der Waals surface area contributed by atoms with Crippen LogP contribution >= 0.6 is 11.9 Å². The van der Waals surface area contributed by atoms with Gasteiger partial charge in [0.2, 0.25) is 5.91 Å². The number of Topliss-reactive ketones (excluding diaryl/α,β-unsaturated/α-hetero) is 1. The highest BCUT2D eigenvalue weighted by Gasteiger charge is 2.20. The average Bonchev–Trinajstić information content (AvgIpc) is 2.44. The molecule has 0 aliphatic heterocycles. The summed E-state index contributed by atoms with van der Waals surface area (Å²) in [5.41, 5.74) is 6.04. The molecular formula is C14H25N3O2S. The molecule has 1 fully saturated rings. The zero-order chi connectivity index (χ0) is 15.0. The third-order valence-corrected chi connectivity index (χ3v) is 4.37. The lowest BCUT2D eigenvalue weighted by atomic mass is 9.89. The first-order valence-corrected chi connectivity index (χ1v) is 8.08. The maximum Gasteiger partial charge on any atom is 0.223 e. The molecule has 0 atom stereocenters. The summed E-state index contributed by atoms with van der Waals surface area (Å²) in [6.45, 7) is 2.20. The molecule has 114 valence electrons. The minimum absolute atomic E-state index is 0.0515. The topological polar surface area (TPSA) is 98.2 Å². The Bertz CT molecular complexity index is 373. The van der Waals surface area contributed by atoms with Crippen molar-refractivity contribution in [3.63, 3.8) is 0 Å². The second kappa shape index (κ2) is 9.02. The van der Waals surface area contributed by atoms with Gasteiger partial charge in [-0.05, 0) is 38.1 Å². The van der Waals surface area contributed by atoms with E-state index < -0.39 is 0 Å². The molecule has 0 aromatic carbocycles. The minimum atomic E-state index is -0.0515. The average molecular weight is 299 g/mol. The van der Waals surface area contributed by atoms with Crippen molar-refractivity contribution in [2.24, 2.45) is 16.8 Å². The lowest BCUT2D eigenvalue weighted by Gasteiger charge is -2.20. The zero-order valence-electron chi connectivity index (χ0n) is 12.1. The van der Waals surface area contributed by atoms with E-state index >= 15 is 0 Å². The van der Waals surface area contributed by atoms with Crippen molar-refractivity contribution < 1.29 is 9.59 Å². The molecular weight excluding hydrogens is 274 g/mol. The molecule has 1 aliphatic carbocycles. The normalized spacial score (nSPS) is 17.5. The second-order valence-corrected chi connectivity index (χ2v) is 5.93. The lowest BCUT2D eigenvalue weighted by molar-refractivity contribution is -0.126. The van der Waals surface area contributed by atoms with E-state index in [1.54, 1.807) is 6.92 Å². The van der Waals surface area contributed by atoms with Crippen LogP contribution in [0.5, 0.6) is 0 Å². The van der Waals surface area contributed by atoms with Crippen molar-refractivity contribution in [2.45, 2.75) is 51.9 Å². The fraction of sp³-hybridized carbons (Fsp3) is 0.714. The summed E-state index contributed by atoms with van der Waals surface area (Å²) in [5, 5.41) is 8.33. The van der Waals surface area contributed by atoms with Crippen LogP contribution in [0.25, 0.3) is 0 Å². The zero-order valence-corrected chi connectivity index (χ0v) is 12.9. The molecule has 0 bridgehead atoms. The summed E-state index contributed by atoms with van der Waals surface area (Å²) in [6, 6.07) is 0. The standard InChI is InChI=1S/C14H25N3O2S/c1-10(15)13(20-16)12(18)8-5-9-17-14(19)11-6-3-2-4-7-11/h11H,2-9,15-16H2,1H3,(H,17,19). The predicted molar refractivity (Wildman–Crippen MR) is 82.5 cm³/mol. The van der Waals surface area contributed by atoms with E-state index in [2.05, 4.69) is 5.32 Å². The first-order valence-electron chi connectivity index (χ1n) is 7.20. The van der Waals surface area contributed by atoms with Crippen molar-refractivity contribution in [1.82, 2.24) is 5.32 Å². The van der Waals surface area contributed by atoms with Crippen LogP contribution in [0, 0.1) is 5.92 Å². The van der Waals surface area contributed by atoms with Gasteiger partial charge in [0.15, 0.2) is 5.78 Å². The Balaban J connectivity index is 2.22. The number of hydrogen-bond acceptors (Lipinski definition) is 5. The molecule has 0 heterocycles. The number of nitrogens with one attached hydrogen (secondary N) is 1. The molecule has 6 heteroatoms. The number of amides is 1. The van der Waals surface area contributed by atoms with Gasteiger partial charge in [-0.25, -0.2) is 0 Å². The molecule has 0 unspecified atom stereocenters. The van der Waals surface area contributed by atoms with Gasteiger partial charge in [0, 0.05) is 24.6 Å². The molecule has 5 N–H and O–H groups in total. The summed E-state index contributed by atoms with van der Waals surface area (Å²) in [7, 11) is 0. The monoisotopic (exact) mass is 299 g/mol. The quantitative estimate of drug-likeness (QED) is 0.378. The summed E-state index contributed by atoms with van der Waals surface area (Å²) in [5.74, 6) is 0.251. The van der Waals surface area contributed by atoms with Crippen LogP contribution in [0.2, 0.25) is 0 Å². The van der Waals surface area contributed by atoms with Crippen molar-refractivity contribution in [3.05, 3.63) is 10.6 Å². The number of carbonyl (C=O) groups excluding carboxylic acids is 2. The molecule has 20 heavy (non-hydrogen) atoms. The fourth-order valence-corrected chi connectivity index (χ4v) is 2.88. The van der Waals surface area contributed by atoms with E-state index in [0.29, 0.717) is 30.0 Å². The van der Waals surface area contributed by atoms with Gasteiger partial charge < -0.3 is 11.1 Å². The minimum Gasteiger partial charge on any atom is -0.401 e. The van der Waals surface area contributed by atoms with Crippen LogP contribution < -0.4 is 16.2 Å². The third kappa shape index (κ3) is 5.54. The van der Waals surface area contributed by atoms with Gasteiger partial charge in [0.05, 0.1) is 4.91 Å². The number of allylic oxidation sites excluding steroid dienone is 2. The van der Waals surface area contributed by atoms with E-state index in [-0.39, 0.29) is 17.6 Å². The maximum absolute atomic E-state index is 11.9. The van der Waals surface area contributed by atoms with Crippen LogP contribution in [0.1, 0.15) is 51.9 Å². The van der Waals surface area contributed by atoms with Crippen LogP contribution in [-0.2, 0) is 9.59 Å². The maximum atomic E-state index is 11.9. The van der Waals surface area contributed by atoms with E-state index in [1.807, 2.05) is 0 Å². The first kappa shape index (κ1) is 17.0. The van der Waals surface area contributed by atoms with E-state index in [1.165, 1.54) is 6.42 Å². The summed E-state index contributed by atoms with van der Waals surface area (Å²) in [4.78, 5) is 24.1. The van der Waals surface area contributed by atoms with Crippen LogP contribution in [0.15, 0.2) is 10.6 Å². The van der Waals surface area contributed by atoms with Crippen molar-refractivity contribution in [3.8, 4) is 0 Å². The van der Waals surface area contributed by atoms with Gasteiger partial charge in [0.1, 0.15) is 0 Å². The molecule has 0 radical (unpaired) electrons. The Kier molecular flexibility index (Phi) is 7.69. The van der Waals surface area contributed by atoms with Gasteiger partial charge in [0.25, 0.3) is 0 Å². The van der Waals surface area contributed by atoms with Gasteiger partial charge in [-0.1, -0.05) is 19.3 Å². The molecule has 1 rings (SSSR count). The molecule has 0 aromatic heterocycles. The first-order chi connectivity index (χ1) is 9.56. The Hall–Kier alpha value is -1.01. The van der Waals surface area contributed by atoms with Crippen molar-refractivity contribution >= 4 is 23.6 Å². The molecule has 1 saturated carbocycles. The van der Waals surface area contributed by atoms with Crippen molar-refractivity contribution in [2.75, 3.05) is 6.54 Å². The summed E-state index contributed by atoms with van der Waals surface area (Å²) >= 11 is 0.891. The Labute approximate surface area is 125 Å². The van der Waals surface area contributed by atoms with Gasteiger partial charge in [-0.15, -0.1) is 0 Å².